The summed E-state index contributed by atoms with van der Waals surface area (Å²) in [6.07, 6.45) is 1.64. The van der Waals surface area contributed by atoms with E-state index in [4.69, 9.17) is 0 Å². The first-order chi connectivity index (χ1) is 9.97. The van der Waals surface area contributed by atoms with Gasteiger partial charge in [0.15, 0.2) is 0 Å². The van der Waals surface area contributed by atoms with Gasteiger partial charge in [-0.1, -0.05) is 24.3 Å². The molecule has 5 nitrogen and oxygen atoms in total. The molecule has 2 rings (SSSR count). The van der Waals surface area contributed by atoms with Crippen LogP contribution in [0.5, 0.6) is 0 Å². The highest BCUT2D eigenvalue weighted by Gasteiger charge is 2.15. The molecule has 0 radical (unpaired) electrons. The van der Waals surface area contributed by atoms with Gasteiger partial charge >= 0.3 is 0 Å². The summed E-state index contributed by atoms with van der Waals surface area (Å²) in [5, 5.41) is 4.04. The zero-order chi connectivity index (χ0) is 15.4. The van der Waals surface area contributed by atoms with Gasteiger partial charge in [0.1, 0.15) is 5.69 Å². The van der Waals surface area contributed by atoms with Crippen molar-refractivity contribution in [2.75, 3.05) is 21.1 Å². The summed E-state index contributed by atoms with van der Waals surface area (Å²) in [5.41, 5.74) is 2.98. The quantitative estimate of drug-likeness (QED) is 0.841. The van der Waals surface area contributed by atoms with Gasteiger partial charge in [0.25, 0.3) is 5.91 Å². The maximum atomic E-state index is 12.4. The molecule has 5 heteroatoms. The van der Waals surface area contributed by atoms with E-state index in [2.05, 4.69) is 22.1 Å². The molecule has 0 aliphatic rings. The van der Waals surface area contributed by atoms with Crippen molar-refractivity contribution in [2.45, 2.75) is 13.1 Å². The van der Waals surface area contributed by atoms with Crippen LogP contribution in [0.4, 0.5) is 0 Å². The van der Waals surface area contributed by atoms with Crippen LogP contribution in [-0.2, 0) is 20.1 Å². The van der Waals surface area contributed by atoms with Crippen molar-refractivity contribution >= 4 is 5.91 Å². The molecule has 0 saturated heterocycles. The highest BCUT2D eigenvalue weighted by molar-refractivity contribution is 5.92. The first kappa shape index (κ1) is 15.3. The summed E-state index contributed by atoms with van der Waals surface area (Å²) in [4.78, 5) is 16.2. The predicted octanol–water partition coefficient (Wildman–Crippen LogP) is 1.75. The molecule has 0 saturated carbocycles. The molecule has 0 N–H and O–H groups in total. The first-order valence-corrected chi connectivity index (χ1v) is 6.93. The van der Waals surface area contributed by atoms with E-state index in [1.165, 1.54) is 5.56 Å². The Balaban J connectivity index is 2.07. The molecule has 0 fully saturated rings. The Bertz CT molecular complexity index is 618. The molecule has 0 atom stereocenters. The summed E-state index contributed by atoms with van der Waals surface area (Å²) in [7, 11) is 7.68. The number of benzene rings is 1. The van der Waals surface area contributed by atoms with Gasteiger partial charge in [0, 0.05) is 33.4 Å². The number of rotatable bonds is 5. The monoisotopic (exact) mass is 286 g/mol. The van der Waals surface area contributed by atoms with E-state index in [1.54, 1.807) is 28.9 Å². The molecule has 0 spiro atoms. The number of amides is 1. The van der Waals surface area contributed by atoms with Gasteiger partial charge in [0.2, 0.25) is 0 Å². The van der Waals surface area contributed by atoms with Gasteiger partial charge in [-0.05, 0) is 31.3 Å². The van der Waals surface area contributed by atoms with Crippen LogP contribution < -0.4 is 0 Å². The van der Waals surface area contributed by atoms with Crippen molar-refractivity contribution in [3.8, 4) is 0 Å². The predicted molar refractivity (Wildman–Crippen MR) is 82.8 cm³/mol. The zero-order valence-corrected chi connectivity index (χ0v) is 13.1. The van der Waals surface area contributed by atoms with Crippen LogP contribution in [0.1, 0.15) is 21.6 Å². The average molecular weight is 286 g/mol. The van der Waals surface area contributed by atoms with Crippen molar-refractivity contribution < 1.29 is 4.79 Å². The Hall–Kier alpha value is -2.14. The minimum Gasteiger partial charge on any atom is -0.336 e. The van der Waals surface area contributed by atoms with Crippen LogP contribution in [0.25, 0.3) is 0 Å². The average Bonchev–Trinajstić information content (AvgIpc) is 2.83. The topological polar surface area (TPSA) is 41.4 Å². The van der Waals surface area contributed by atoms with Crippen molar-refractivity contribution in [3.05, 3.63) is 53.3 Å². The smallest absolute Gasteiger partial charge is 0.272 e. The fourth-order valence-electron chi connectivity index (χ4n) is 2.32. The third-order valence-electron chi connectivity index (χ3n) is 3.30. The van der Waals surface area contributed by atoms with Gasteiger partial charge in [-0.2, -0.15) is 5.10 Å². The maximum Gasteiger partial charge on any atom is 0.272 e. The molecule has 1 aromatic heterocycles. The Morgan fingerprint density at radius 2 is 1.81 bits per heavy atom. The number of aromatic nitrogens is 2. The minimum absolute atomic E-state index is 0.0204. The molecule has 112 valence electrons. The molecule has 21 heavy (non-hydrogen) atoms. The third kappa shape index (κ3) is 3.92. The Morgan fingerprint density at radius 3 is 2.38 bits per heavy atom. The second-order valence-corrected chi connectivity index (χ2v) is 5.56. The minimum atomic E-state index is -0.0204. The molecule has 1 heterocycles. The Kier molecular flexibility index (Phi) is 4.75. The maximum absolute atomic E-state index is 12.4. The number of carbonyl (C=O) groups excluding carboxylic acids is 1. The molecule has 1 aromatic carbocycles. The van der Waals surface area contributed by atoms with E-state index in [1.807, 2.05) is 33.3 Å². The number of hydrogen-bond acceptors (Lipinski definition) is 3. The Morgan fingerprint density at radius 1 is 1.14 bits per heavy atom. The zero-order valence-electron chi connectivity index (χ0n) is 13.1. The van der Waals surface area contributed by atoms with Crippen molar-refractivity contribution in [1.82, 2.24) is 19.6 Å². The largest absolute Gasteiger partial charge is 0.336 e. The van der Waals surface area contributed by atoms with Crippen molar-refractivity contribution in [1.29, 1.82) is 0 Å². The van der Waals surface area contributed by atoms with E-state index in [0.29, 0.717) is 12.2 Å². The first-order valence-electron chi connectivity index (χ1n) is 6.93. The number of aryl methyl sites for hydroxylation is 1. The molecule has 2 aromatic rings. The van der Waals surface area contributed by atoms with Gasteiger partial charge in [0.05, 0.1) is 0 Å². The van der Waals surface area contributed by atoms with Crippen molar-refractivity contribution in [2.24, 2.45) is 7.05 Å². The lowest BCUT2D eigenvalue weighted by Gasteiger charge is -2.18. The van der Waals surface area contributed by atoms with E-state index >= 15 is 0 Å². The number of carbonyl (C=O) groups is 1. The molecular weight excluding hydrogens is 264 g/mol. The van der Waals surface area contributed by atoms with Gasteiger partial charge in [-0.15, -0.1) is 0 Å². The molecule has 0 unspecified atom stereocenters. The van der Waals surface area contributed by atoms with Gasteiger partial charge in [-0.3, -0.25) is 9.48 Å². The summed E-state index contributed by atoms with van der Waals surface area (Å²) < 4.78 is 1.60. The van der Waals surface area contributed by atoms with Crippen LogP contribution in [0.15, 0.2) is 36.5 Å². The van der Waals surface area contributed by atoms with Crippen LogP contribution in [0.3, 0.4) is 0 Å². The summed E-state index contributed by atoms with van der Waals surface area (Å²) in [6, 6.07) is 10.1. The third-order valence-corrected chi connectivity index (χ3v) is 3.30. The van der Waals surface area contributed by atoms with Crippen LogP contribution >= 0.6 is 0 Å². The second kappa shape index (κ2) is 6.54. The van der Waals surface area contributed by atoms with Crippen LogP contribution in [-0.4, -0.2) is 46.6 Å². The molecule has 1 amide bonds. The van der Waals surface area contributed by atoms with E-state index in [9.17, 15) is 4.79 Å². The fraction of sp³-hybridized carbons (Fsp3) is 0.375. The molecular formula is C16H22N4O. The summed E-state index contributed by atoms with van der Waals surface area (Å²) in [5.74, 6) is -0.0204. The lowest BCUT2D eigenvalue weighted by atomic mass is 10.1. The highest BCUT2D eigenvalue weighted by Crippen LogP contribution is 2.11. The molecule has 0 bridgehead atoms. The van der Waals surface area contributed by atoms with Crippen LogP contribution in [0, 0.1) is 0 Å². The van der Waals surface area contributed by atoms with E-state index in [0.717, 1.165) is 12.1 Å². The van der Waals surface area contributed by atoms with Crippen molar-refractivity contribution in [3.63, 3.8) is 0 Å². The number of hydrogen-bond donors (Lipinski definition) is 0. The van der Waals surface area contributed by atoms with E-state index in [-0.39, 0.29) is 5.91 Å². The molecule has 0 aliphatic heterocycles. The normalized spacial score (nSPS) is 10.9. The summed E-state index contributed by atoms with van der Waals surface area (Å²) >= 11 is 0. The van der Waals surface area contributed by atoms with Gasteiger partial charge < -0.3 is 9.80 Å². The SMILES string of the molecule is CN(C)Cc1cccc(CN(C)C(=O)c2ccnn2C)c1. The summed E-state index contributed by atoms with van der Waals surface area (Å²) in [6.45, 7) is 1.48. The standard InChI is InChI=1S/C16H22N4O/c1-18(2)11-13-6-5-7-14(10-13)12-19(3)16(21)15-8-9-17-20(15)4/h5-10H,11-12H2,1-4H3. The highest BCUT2D eigenvalue weighted by atomic mass is 16.2. The van der Waals surface area contributed by atoms with Crippen LogP contribution in [0.2, 0.25) is 0 Å². The lowest BCUT2D eigenvalue weighted by Crippen LogP contribution is -2.28. The fourth-order valence-corrected chi connectivity index (χ4v) is 2.32. The van der Waals surface area contributed by atoms with E-state index < -0.39 is 0 Å². The number of nitrogens with zero attached hydrogens (tertiary/aromatic N) is 4. The second-order valence-electron chi connectivity index (χ2n) is 5.56. The Labute approximate surface area is 125 Å². The van der Waals surface area contributed by atoms with Gasteiger partial charge in [-0.25, -0.2) is 0 Å². The molecule has 0 aliphatic carbocycles. The lowest BCUT2D eigenvalue weighted by molar-refractivity contribution is 0.0774.